The molecule has 3 fully saturated rings. The Morgan fingerprint density at radius 2 is 2.12 bits per heavy atom. The van der Waals surface area contributed by atoms with Crippen molar-refractivity contribution in [2.45, 2.75) is 32.7 Å². The molecule has 8 heteroatoms. The molecule has 2 atom stereocenters. The third-order valence-corrected chi connectivity index (χ3v) is 5.88. The van der Waals surface area contributed by atoms with Gasteiger partial charge in [0, 0.05) is 38.0 Å². The van der Waals surface area contributed by atoms with E-state index in [2.05, 4.69) is 20.1 Å². The number of aryl methyl sites for hydroxylation is 1. The topological polar surface area (TPSA) is 102 Å². The van der Waals surface area contributed by atoms with E-state index in [0.29, 0.717) is 38.5 Å². The Bertz CT molecular complexity index is 670. The zero-order valence-corrected chi connectivity index (χ0v) is 13.9. The highest BCUT2D eigenvalue weighted by Gasteiger charge is 2.58. The summed E-state index contributed by atoms with van der Waals surface area (Å²) in [5.74, 6) is 0.934. The summed E-state index contributed by atoms with van der Waals surface area (Å²) in [5.41, 5.74) is -0.843. The van der Waals surface area contributed by atoms with E-state index < -0.39 is 11.4 Å². The molecule has 130 valence electrons. The number of amides is 1. The number of rotatable bonds is 4. The van der Waals surface area contributed by atoms with E-state index in [9.17, 15) is 14.7 Å². The van der Waals surface area contributed by atoms with Crippen molar-refractivity contribution in [2.75, 3.05) is 26.2 Å². The van der Waals surface area contributed by atoms with Crippen molar-refractivity contribution < 1.29 is 14.7 Å². The number of aromatic nitrogens is 3. The summed E-state index contributed by atoms with van der Waals surface area (Å²) >= 11 is 0. The van der Waals surface area contributed by atoms with Crippen LogP contribution >= 0.6 is 0 Å². The maximum absolute atomic E-state index is 12.5. The van der Waals surface area contributed by atoms with Crippen LogP contribution in [0.3, 0.4) is 0 Å². The smallest absolute Gasteiger partial charge is 0.313 e. The van der Waals surface area contributed by atoms with Crippen LogP contribution in [0.1, 0.15) is 30.9 Å². The lowest BCUT2D eigenvalue weighted by Gasteiger charge is -2.31. The number of aromatic amines is 1. The quantitative estimate of drug-likeness (QED) is 0.819. The van der Waals surface area contributed by atoms with E-state index in [1.54, 1.807) is 4.90 Å². The van der Waals surface area contributed by atoms with Crippen LogP contribution in [0.4, 0.5) is 0 Å². The van der Waals surface area contributed by atoms with Crippen LogP contribution in [0, 0.1) is 24.2 Å². The third-order valence-electron chi connectivity index (χ3n) is 5.88. The molecule has 0 unspecified atom stereocenters. The molecule has 3 aliphatic rings. The van der Waals surface area contributed by atoms with Gasteiger partial charge in [-0.25, -0.2) is 4.98 Å². The van der Waals surface area contributed by atoms with Crippen LogP contribution in [-0.2, 0) is 16.1 Å². The fraction of sp³-hybridized carbons (Fsp3) is 0.750. The van der Waals surface area contributed by atoms with Crippen molar-refractivity contribution in [1.82, 2.24) is 25.0 Å². The second-order valence-corrected chi connectivity index (χ2v) is 7.51. The molecule has 2 N–H and O–H groups in total. The van der Waals surface area contributed by atoms with Crippen LogP contribution in [0.25, 0.3) is 0 Å². The number of H-pyrrole nitrogens is 1. The molecule has 0 radical (unpaired) electrons. The van der Waals surface area contributed by atoms with Crippen LogP contribution < -0.4 is 0 Å². The highest BCUT2D eigenvalue weighted by molar-refractivity contribution is 5.83. The predicted molar refractivity (Wildman–Crippen MR) is 83.9 cm³/mol. The number of hydrogen-bond donors (Lipinski definition) is 2. The first-order valence-corrected chi connectivity index (χ1v) is 8.60. The van der Waals surface area contributed by atoms with E-state index >= 15 is 0 Å². The fourth-order valence-corrected chi connectivity index (χ4v) is 4.33. The second-order valence-electron chi connectivity index (χ2n) is 7.51. The average Bonchev–Trinajstić information content (AvgIpc) is 3.09. The molecule has 3 heterocycles. The number of aliphatic carboxylic acids is 1. The summed E-state index contributed by atoms with van der Waals surface area (Å²) in [6, 6.07) is 0. The van der Waals surface area contributed by atoms with Crippen molar-refractivity contribution in [3.8, 4) is 0 Å². The van der Waals surface area contributed by atoms with E-state index in [0.717, 1.165) is 25.1 Å². The molecule has 2 aliphatic heterocycles. The number of likely N-dealkylation sites (tertiary alicyclic amines) is 2. The van der Waals surface area contributed by atoms with Gasteiger partial charge in [0.1, 0.15) is 11.2 Å². The molecule has 1 aliphatic carbocycles. The Morgan fingerprint density at radius 1 is 1.33 bits per heavy atom. The minimum atomic E-state index is -0.843. The molecule has 1 aromatic rings. The highest BCUT2D eigenvalue weighted by atomic mass is 16.4. The summed E-state index contributed by atoms with van der Waals surface area (Å²) < 4.78 is 0. The van der Waals surface area contributed by atoms with Crippen LogP contribution in [0.5, 0.6) is 0 Å². The van der Waals surface area contributed by atoms with Gasteiger partial charge in [-0.05, 0) is 19.8 Å². The van der Waals surface area contributed by atoms with Gasteiger partial charge >= 0.3 is 5.97 Å². The zero-order valence-electron chi connectivity index (χ0n) is 13.9. The Kier molecular flexibility index (Phi) is 3.59. The Morgan fingerprint density at radius 3 is 2.67 bits per heavy atom. The molecule has 24 heavy (non-hydrogen) atoms. The van der Waals surface area contributed by atoms with Crippen LogP contribution in [0.15, 0.2) is 0 Å². The first kappa shape index (κ1) is 15.6. The molecule has 1 saturated carbocycles. The Hall–Kier alpha value is -1.96. The molecule has 0 spiro atoms. The van der Waals surface area contributed by atoms with E-state index in [-0.39, 0.29) is 17.7 Å². The first-order valence-electron chi connectivity index (χ1n) is 8.60. The molecule has 1 aromatic heterocycles. The maximum Gasteiger partial charge on any atom is 0.313 e. The number of nitrogens with one attached hydrogen (secondary N) is 1. The lowest BCUT2D eigenvalue weighted by molar-refractivity contribution is -0.149. The van der Waals surface area contributed by atoms with Gasteiger partial charge in [0.2, 0.25) is 5.91 Å². The van der Waals surface area contributed by atoms with Gasteiger partial charge in [-0.15, -0.1) is 0 Å². The standard InChI is InChI=1S/C16H23N5O3/c1-10-17-13(19-18-10)7-20-5-12-6-21(14(22)11-3-2-4-11)9-16(12,8-20)15(23)24/h11-12H,2-9H2,1H3,(H,23,24)(H,17,18,19)/t12-,16-/m0/s1. The average molecular weight is 333 g/mol. The molecule has 0 bridgehead atoms. The highest BCUT2D eigenvalue weighted by Crippen LogP contribution is 2.44. The monoisotopic (exact) mass is 333 g/mol. The minimum Gasteiger partial charge on any atom is -0.481 e. The molecule has 4 rings (SSSR count). The summed E-state index contributed by atoms with van der Waals surface area (Å²) in [7, 11) is 0. The third kappa shape index (κ3) is 2.40. The largest absolute Gasteiger partial charge is 0.481 e. The Balaban J connectivity index is 1.46. The minimum absolute atomic E-state index is 0.0148. The molecule has 1 amide bonds. The first-order chi connectivity index (χ1) is 11.5. The molecule has 0 aromatic carbocycles. The number of fused-ring (bicyclic) bond motifs is 1. The van der Waals surface area contributed by atoms with Gasteiger partial charge in [-0.1, -0.05) is 6.42 Å². The summed E-state index contributed by atoms with van der Waals surface area (Å²) in [4.78, 5) is 32.7. The van der Waals surface area contributed by atoms with Gasteiger partial charge in [0.25, 0.3) is 0 Å². The number of carboxylic acid groups (broad SMARTS) is 1. The van der Waals surface area contributed by atoms with Gasteiger partial charge < -0.3 is 10.0 Å². The van der Waals surface area contributed by atoms with E-state index in [4.69, 9.17) is 0 Å². The fourth-order valence-electron chi connectivity index (χ4n) is 4.33. The lowest BCUT2D eigenvalue weighted by Crippen LogP contribution is -2.44. The number of nitrogens with zero attached hydrogens (tertiary/aromatic N) is 4. The van der Waals surface area contributed by atoms with Gasteiger partial charge in [-0.2, -0.15) is 5.10 Å². The van der Waals surface area contributed by atoms with E-state index in [1.165, 1.54) is 0 Å². The van der Waals surface area contributed by atoms with Gasteiger partial charge in [0.15, 0.2) is 5.82 Å². The van der Waals surface area contributed by atoms with Gasteiger partial charge in [-0.3, -0.25) is 19.6 Å². The number of carbonyl (C=O) groups excluding carboxylic acids is 1. The van der Waals surface area contributed by atoms with Crippen LogP contribution in [-0.4, -0.2) is 68.1 Å². The summed E-state index contributed by atoms with van der Waals surface area (Å²) in [6.45, 7) is 4.42. The summed E-state index contributed by atoms with van der Waals surface area (Å²) in [5, 5.41) is 16.8. The van der Waals surface area contributed by atoms with Crippen molar-refractivity contribution in [3.05, 3.63) is 11.6 Å². The Labute approximate surface area is 140 Å². The molecular formula is C16H23N5O3. The van der Waals surface area contributed by atoms with Gasteiger partial charge in [0.05, 0.1) is 6.54 Å². The second kappa shape index (κ2) is 5.54. The van der Waals surface area contributed by atoms with Crippen molar-refractivity contribution >= 4 is 11.9 Å². The van der Waals surface area contributed by atoms with Crippen molar-refractivity contribution in [1.29, 1.82) is 0 Å². The molecule has 8 nitrogen and oxygen atoms in total. The number of carboxylic acids is 1. The molecular weight excluding hydrogens is 310 g/mol. The van der Waals surface area contributed by atoms with Crippen molar-refractivity contribution in [2.24, 2.45) is 17.3 Å². The number of hydrogen-bond acceptors (Lipinski definition) is 5. The normalized spacial score (nSPS) is 30.4. The van der Waals surface area contributed by atoms with Crippen molar-refractivity contribution in [3.63, 3.8) is 0 Å². The van der Waals surface area contributed by atoms with Crippen LogP contribution in [0.2, 0.25) is 0 Å². The molecule has 2 saturated heterocycles. The lowest BCUT2D eigenvalue weighted by atomic mass is 9.81. The zero-order chi connectivity index (χ0) is 16.9. The number of carbonyl (C=O) groups is 2. The maximum atomic E-state index is 12.5. The predicted octanol–water partition coefficient (Wildman–Crippen LogP) is 0.258. The SMILES string of the molecule is Cc1nc(CN2C[C@H]3CN(C(=O)C4CCC4)C[C@@]3(C(=O)O)C2)n[nH]1. The summed E-state index contributed by atoms with van der Waals surface area (Å²) in [6.07, 6.45) is 3.02. The van der Waals surface area contributed by atoms with E-state index in [1.807, 2.05) is 6.92 Å².